The monoisotopic (exact) mass is 404 g/mol. The van der Waals surface area contributed by atoms with Gasteiger partial charge in [-0.1, -0.05) is 12.5 Å². The van der Waals surface area contributed by atoms with E-state index in [0.29, 0.717) is 23.4 Å². The summed E-state index contributed by atoms with van der Waals surface area (Å²) in [4.78, 5) is 13.5. The number of rotatable bonds is 4. The third kappa shape index (κ3) is 4.01. The van der Waals surface area contributed by atoms with Gasteiger partial charge in [0.1, 0.15) is 6.04 Å². The fraction of sp³-hybridized carbons (Fsp3) is 0.562. The highest BCUT2D eigenvalue weighted by Crippen LogP contribution is 2.37. The second-order valence-electron chi connectivity index (χ2n) is 6.49. The highest BCUT2D eigenvalue weighted by Gasteiger charge is 2.42. The first-order valence-corrected chi connectivity index (χ1v) is 9.64. The van der Waals surface area contributed by atoms with E-state index in [1.54, 1.807) is 11.5 Å². The van der Waals surface area contributed by atoms with Crippen LogP contribution in [0, 0.1) is 10.7 Å². The lowest BCUT2D eigenvalue weighted by Crippen LogP contribution is -2.43. The van der Waals surface area contributed by atoms with E-state index in [1.165, 1.54) is 11.3 Å². The summed E-state index contributed by atoms with van der Waals surface area (Å²) >= 11 is 6.70. The number of carbonyl (C=O) groups excluding carboxylic acids is 1. The molecule has 1 saturated carbocycles. The largest absolute Gasteiger partial charge is 0.391 e. The van der Waals surface area contributed by atoms with Crippen molar-refractivity contribution < 1.29 is 18.0 Å². The number of H-pyrrole nitrogens is 1. The van der Waals surface area contributed by atoms with Crippen LogP contribution in [0.25, 0.3) is 10.7 Å². The summed E-state index contributed by atoms with van der Waals surface area (Å²) in [6.45, 7) is 1.67. The number of thiophene rings is 1. The predicted octanol–water partition coefficient (Wildman–Crippen LogP) is 4.47. The van der Waals surface area contributed by atoms with Gasteiger partial charge in [0.15, 0.2) is 10.6 Å². The fourth-order valence-corrected chi connectivity index (χ4v) is 4.30. The van der Waals surface area contributed by atoms with Crippen LogP contribution < -0.4 is 5.32 Å². The lowest BCUT2D eigenvalue weighted by molar-refractivity contribution is -0.184. The topological polar surface area (TPSA) is 62.7 Å². The Kier molecular flexibility index (Phi) is 5.52. The number of hydrogen-bond donors (Lipinski definition) is 2. The van der Waals surface area contributed by atoms with Crippen molar-refractivity contribution in [2.45, 2.75) is 50.9 Å². The van der Waals surface area contributed by atoms with Crippen molar-refractivity contribution in [1.29, 1.82) is 0 Å². The molecule has 0 bridgehead atoms. The molecular formula is C16H19F3N4OS2. The quantitative estimate of drug-likeness (QED) is 0.739. The van der Waals surface area contributed by atoms with Crippen molar-refractivity contribution in [2.24, 2.45) is 5.92 Å². The van der Waals surface area contributed by atoms with E-state index in [-0.39, 0.29) is 18.7 Å². The molecule has 3 unspecified atom stereocenters. The lowest BCUT2D eigenvalue weighted by atomic mass is 9.85. The standard InChI is InChI=1S/C16H19F3N4OS2/c1-9(23-13(21-22-15(23)25)12-6-3-7-26-12)14(24)20-11-5-2-4-10(8-11)16(17,18)19/h3,6-7,9-11H,2,4-5,8H2,1H3,(H,20,24)(H,22,25). The molecule has 2 N–H and O–H groups in total. The molecular weight excluding hydrogens is 385 g/mol. The van der Waals surface area contributed by atoms with Crippen LogP contribution in [0.2, 0.25) is 0 Å². The van der Waals surface area contributed by atoms with Crippen molar-refractivity contribution in [2.75, 3.05) is 0 Å². The van der Waals surface area contributed by atoms with Gasteiger partial charge < -0.3 is 5.32 Å². The second-order valence-corrected chi connectivity index (χ2v) is 7.82. The Balaban J connectivity index is 1.73. The van der Waals surface area contributed by atoms with Gasteiger partial charge in [-0.3, -0.25) is 14.5 Å². The minimum Gasteiger partial charge on any atom is -0.352 e. The van der Waals surface area contributed by atoms with Crippen LogP contribution >= 0.6 is 23.6 Å². The normalized spacial score (nSPS) is 22.2. The SMILES string of the molecule is CC(C(=O)NC1CCCC(C(F)(F)F)C1)n1c(-c2cccs2)n[nH]c1=S. The molecule has 2 aromatic heterocycles. The Bertz CT molecular complexity index is 812. The minimum absolute atomic E-state index is 0.0729. The van der Waals surface area contributed by atoms with E-state index in [2.05, 4.69) is 15.5 Å². The molecule has 2 heterocycles. The maximum Gasteiger partial charge on any atom is 0.391 e. The summed E-state index contributed by atoms with van der Waals surface area (Å²) in [7, 11) is 0. The van der Waals surface area contributed by atoms with Gasteiger partial charge in [-0.2, -0.15) is 18.3 Å². The molecule has 0 aromatic carbocycles. The third-order valence-electron chi connectivity index (χ3n) is 4.70. The number of alkyl halides is 3. The summed E-state index contributed by atoms with van der Waals surface area (Å²) in [6, 6.07) is 2.58. The summed E-state index contributed by atoms with van der Waals surface area (Å²) in [5.41, 5.74) is 0. The van der Waals surface area contributed by atoms with Crippen LogP contribution in [-0.2, 0) is 4.79 Å². The van der Waals surface area contributed by atoms with E-state index in [4.69, 9.17) is 12.2 Å². The first-order chi connectivity index (χ1) is 12.3. The molecule has 1 fully saturated rings. The molecule has 0 radical (unpaired) electrons. The molecule has 0 spiro atoms. The van der Waals surface area contributed by atoms with Crippen molar-refractivity contribution >= 4 is 29.5 Å². The van der Waals surface area contributed by atoms with Crippen LogP contribution in [0.5, 0.6) is 0 Å². The van der Waals surface area contributed by atoms with Crippen LogP contribution in [0.3, 0.4) is 0 Å². The number of aromatic nitrogens is 3. The van der Waals surface area contributed by atoms with Gasteiger partial charge in [-0.25, -0.2) is 0 Å². The minimum atomic E-state index is -4.21. The number of hydrogen-bond acceptors (Lipinski definition) is 4. The smallest absolute Gasteiger partial charge is 0.352 e. The van der Waals surface area contributed by atoms with Crippen molar-refractivity contribution in [1.82, 2.24) is 20.1 Å². The maximum absolute atomic E-state index is 13.0. The fourth-order valence-electron chi connectivity index (χ4n) is 3.30. The molecule has 26 heavy (non-hydrogen) atoms. The molecule has 10 heteroatoms. The molecule has 3 rings (SSSR count). The Hall–Kier alpha value is -1.68. The predicted molar refractivity (Wildman–Crippen MR) is 95.4 cm³/mol. The molecule has 3 atom stereocenters. The van der Waals surface area contributed by atoms with Gasteiger partial charge in [0.25, 0.3) is 0 Å². The molecule has 5 nitrogen and oxygen atoms in total. The van der Waals surface area contributed by atoms with Gasteiger partial charge >= 0.3 is 6.18 Å². The van der Waals surface area contributed by atoms with Crippen LogP contribution in [0.4, 0.5) is 13.2 Å². The first-order valence-electron chi connectivity index (χ1n) is 8.35. The van der Waals surface area contributed by atoms with E-state index in [9.17, 15) is 18.0 Å². The molecule has 2 aromatic rings. The molecule has 1 amide bonds. The van der Waals surface area contributed by atoms with Crippen molar-refractivity contribution in [3.05, 3.63) is 22.3 Å². The van der Waals surface area contributed by atoms with Crippen molar-refractivity contribution in [3.63, 3.8) is 0 Å². The summed E-state index contributed by atoms with van der Waals surface area (Å²) in [6.07, 6.45) is -3.15. The number of halogens is 3. The molecule has 1 aliphatic rings. The highest BCUT2D eigenvalue weighted by molar-refractivity contribution is 7.71. The zero-order chi connectivity index (χ0) is 18.9. The highest BCUT2D eigenvalue weighted by atomic mass is 32.1. The van der Waals surface area contributed by atoms with E-state index >= 15 is 0 Å². The number of aromatic amines is 1. The van der Waals surface area contributed by atoms with Crippen LogP contribution in [0.15, 0.2) is 17.5 Å². The van der Waals surface area contributed by atoms with Crippen LogP contribution in [-0.4, -0.2) is 32.9 Å². The first kappa shape index (κ1) is 19.1. The van der Waals surface area contributed by atoms with Gasteiger partial charge in [-0.05, 0) is 49.9 Å². The average Bonchev–Trinajstić information content (AvgIpc) is 3.23. The third-order valence-corrected chi connectivity index (χ3v) is 5.85. The Labute approximate surface area is 157 Å². The summed E-state index contributed by atoms with van der Waals surface area (Å²) in [5.74, 6) is -1.16. The van der Waals surface area contributed by atoms with E-state index in [1.807, 2.05) is 17.5 Å². The number of carbonyl (C=O) groups is 1. The maximum atomic E-state index is 13.0. The Morgan fingerprint density at radius 1 is 1.50 bits per heavy atom. The van der Waals surface area contributed by atoms with Gasteiger partial charge in [0.2, 0.25) is 5.91 Å². The Morgan fingerprint density at radius 2 is 2.27 bits per heavy atom. The second kappa shape index (κ2) is 7.51. The van der Waals surface area contributed by atoms with Crippen LogP contribution in [0.1, 0.15) is 38.6 Å². The number of amides is 1. The zero-order valence-corrected chi connectivity index (χ0v) is 15.7. The number of nitrogens with zero attached hydrogens (tertiary/aromatic N) is 2. The zero-order valence-electron chi connectivity index (χ0n) is 14.0. The van der Waals surface area contributed by atoms with E-state index < -0.39 is 24.2 Å². The van der Waals surface area contributed by atoms with Gasteiger partial charge in [0, 0.05) is 6.04 Å². The van der Waals surface area contributed by atoms with Gasteiger partial charge in [-0.15, -0.1) is 11.3 Å². The molecule has 142 valence electrons. The lowest BCUT2D eigenvalue weighted by Gasteiger charge is -2.31. The van der Waals surface area contributed by atoms with Gasteiger partial charge in [0.05, 0.1) is 10.8 Å². The summed E-state index contributed by atoms with van der Waals surface area (Å²) < 4.78 is 40.8. The van der Waals surface area contributed by atoms with E-state index in [0.717, 1.165) is 4.88 Å². The molecule has 0 aliphatic heterocycles. The Morgan fingerprint density at radius 3 is 2.92 bits per heavy atom. The van der Waals surface area contributed by atoms with Crippen molar-refractivity contribution in [3.8, 4) is 10.7 Å². The summed E-state index contributed by atoms with van der Waals surface area (Å²) in [5, 5.41) is 11.5. The molecule has 0 saturated heterocycles. The number of nitrogens with one attached hydrogen (secondary N) is 2. The molecule has 1 aliphatic carbocycles. The average molecular weight is 404 g/mol.